The fourth-order valence-electron chi connectivity index (χ4n) is 4.00. The molecule has 0 aliphatic heterocycles. The van der Waals surface area contributed by atoms with Gasteiger partial charge in [0.1, 0.15) is 0 Å². The van der Waals surface area contributed by atoms with Crippen LogP contribution in [0.4, 0.5) is 0 Å². The maximum absolute atomic E-state index is 6.08. The summed E-state index contributed by atoms with van der Waals surface area (Å²) >= 11 is 0. The summed E-state index contributed by atoms with van der Waals surface area (Å²) < 4.78 is 0. The van der Waals surface area contributed by atoms with Gasteiger partial charge in [-0.15, -0.1) is 0 Å². The Morgan fingerprint density at radius 2 is 1.85 bits per heavy atom. The van der Waals surface area contributed by atoms with Gasteiger partial charge >= 0.3 is 0 Å². The van der Waals surface area contributed by atoms with Gasteiger partial charge < -0.3 is 5.73 Å². The van der Waals surface area contributed by atoms with Gasteiger partial charge in [-0.05, 0) is 58.0 Å². The third kappa shape index (κ3) is 5.37. The van der Waals surface area contributed by atoms with Crippen LogP contribution in [0.15, 0.2) is 0 Å². The zero-order chi connectivity index (χ0) is 15.0. The van der Waals surface area contributed by atoms with Crippen LogP contribution in [0, 0.1) is 11.8 Å². The first kappa shape index (κ1) is 18.0. The van der Waals surface area contributed by atoms with Crippen molar-refractivity contribution in [1.82, 2.24) is 4.90 Å². The van der Waals surface area contributed by atoms with E-state index in [1.807, 2.05) is 0 Å². The summed E-state index contributed by atoms with van der Waals surface area (Å²) in [7, 11) is 0. The lowest BCUT2D eigenvalue weighted by molar-refractivity contribution is 0.0540. The Kier molecular flexibility index (Phi) is 8.79. The van der Waals surface area contributed by atoms with Crippen molar-refractivity contribution in [1.29, 1.82) is 0 Å². The minimum absolute atomic E-state index is 0.659. The lowest BCUT2D eigenvalue weighted by Crippen LogP contribution is -2.50. The van der Waals surface area contributed by atoms with Gasteiger partial charge in [0.05, 0.1) is 0 Å². The van der Waals surface area contributed by atoms with E-state index in [4.69, 9.17) is 5.73 Å². The number of unbranched alkanes of at least 4 members (excludes halogenated alkanes) is 2. The highest BCUT2D eigenvalue weighted by Gasteiger charge is 2.34. The quantitative estimate of drug-likeness (QED) is 0.634. The molecule has 0 radical (unpaired) electrons. The van der Waals surface area contributed by atoms with E-state index in [0.717, 1.165) is 24.4 Å². The van der Waals surface area contributed by atoms with Crippen LogP contribution >= 0.6 is 0 Å². The third-order valence-electron chi connectivity index (χ3n) is 5.17. The van der Waals surface area contributed by atoms with E-state index in [1.165, 1.54) is 57.9 Å². The molecule has 0 bridgehead atoms. The molecule has 0 aromatic carbocycles. The van der Waals surface area contributed by atoms with Crippen LogP contribution in [-0.2, 0) is 0 Å². The summed E-state index contributed by atoms with van der Waals surface area (Å²) in [4.78, 5) is 2.77. The van der Waals surface area contributed by atoms with E-state index in [1.54, 1.807) is 0 Å². The predicted octanol–water partition coefficient (Wildman–Crippen LogP) is 4.43. The fourth-order valence-corrected chi connectivity index (χ4v) is 4.00. The Hall–Kier alpha value is -0.0800. The van der Waals surface area contributed by atoms with E-state index in [9.17, 15) is 0 Å². The zero-order valence-corrected chi connectivity index (χ0v) is 14.4. The van der Waals surface area contributed by atoms with Crippen molar-refractivity contribution in [3.63, 3.8) is 0 Å². The van der Waals surface area contributed by atoms with Crippen LogP contribution in [0.25, 0.3) is 0 Å². The molecule has 0 aromatic heterocycles. The van der Waals surface area contributed by atoms with Gasteiger partial charge in [0.15, 0.2) is 0 Å². The van der Waals surface area contributed by atoms with Crippen molar-refractivity contribution in [3.05, 3.63) is 0 Å². The molecule has 20 heavy (non-hydrogen) atoms. The number of nitrogens with zero attached hydrogens (tertiary/aromatic N) is 1. The molecule has 3 atom stereocenters. The molecule has 1 aliphatic carbocycles. The van der Waals surface area contributed by atoms with Gasteiger partial charge in [-0.25, -0.2) is 0 Å². The van der Waals surface area contributed by atoms with Crippen LogP contribution in [0.1, 0.15) is 79.1 Å². The van der Waals surface area contributed by atoms with E-state index in [0.29, 0.717) is 6.04 Å². The van der Waals surface area contributed by atoms with E-state index in [-0.39, 0.29) is 0 Å². The number of hydrogen-bond acceptors (Lipinski definition) is 2. The molecular weight excluding hydrogens is 244 g/mol. The molecule has 0 aromatic rings. The molecule has 1 rings (SSSR count). The first-order valence-corrected chi connectivity index (χ1v) is 9.09. The summed E-state index contributed by atoms with van der Waals surface area (Å²) in [5.74, 6) is 1.67. The molecule has 2 nitrogen and oxygen atoms in total. The minimum atomic E-state index is 0.659. The Balaban J connectivity index is 2.66. The average Bonchev–Trinajstić information content (AvgIpc) is 2.43. The topological polar surface area (TPSA) is 29.3 Å². The van der Waals surface area contributed by atoms with Gasteiger partial charge in [0, 0.05) is 12.1 Å². The maximum atomic E-state index is 6.08. The number of hydrogen-bond donors (Lipinski definition) is 1. The molecule has 0 amide bonds. The second-order valence-corrected chi connectivity index (χ2v) is 7.07. The SMILES string of the molecule is CCCCCN(C(C)C)C1CC(CCC)CCC1CN. The Labute approximate surface area is 127 Å². The number of rotatable bonds is 9. The van der Waals surface area contributed by atoms with Gasteiger partial charge in [-0.3, -0.25) is 4.90 Å². The van der Waals surface area contributed by atoms with Gasteiger partial charge in [-0.1, -0.05) is 46.0 Å². The Morgan fingerprint density at radius 1 is 1.10 bits per heavy atom. The minimum Gasteiger partial charge on any atom is -0.330 e. The highest BCUT2D eigenvalue weighted by molar-refractivity contribution is 4.88. The normalized spacial score (nSPS) is 27.4. The predicted molar refractivity (Wildman–Crippen MR) is 89.9 cm³/mol. The summed E-state index contributed by atoms with van der Waals surface area (Å²) in [6.07, 6.45) is 10.9. The number of nitrogens with two attached hydrogens (primary N) is 1. The van der Waals surface area contributed by atoms with Crippen LogP contribution < -0.4 is 5.73 Å². The second kappa shape index (κ2) is 9.78. The van der Waals surface area contributed by atoms with E-state index in [2.05, 4.69) is 32.6 Å². The fraction of sp³-hybridized carbons (Fsp3) is 1.00. The van der Waals surface area contributed by atoms with Crippen molar-refractivity contribution in [2.45, 2.75) is 91.1 Å². The molecular formula is C18H38N2. The summed E-state index contributed by atoms with van der Waals surface area (Å²) in [5.41, 5.74) is 6.08. The van der Waals surface area contributed by atoms with Crippen molar-refractivity contribution in [3.8, 4) is 0 Å². The molecule has 1 aliphatic rings. The molecule has 120 valence electrons. The molecule has 0 spiro atoms. The van der Waals surface area contributed by atoms with Crippen LogP contribution in [0.2, 0.25) is 0 Å². The first-order valence-electron chi connectivity index (χ1n) is 9.09. The molecule has 2 N–H and O–H groups in total. The maximum Gasteiger partial charge on any atom is 0.0141 e. The molecule has 0 heterocycles. The second-order valence-electron chi connectivity index (χ2n) is 7.07. The van der Waals surface area contributed by atoms with Crippen molar-refractivity contribution in [2.24, 2.45) is 17.6 Å². The van der Waals surface area contributed by atoms with Crippen molar-refractivity contribution < 1.29 is 0 Å². The average molecular weight is 283 g/mol. The monoisotopic (exact) mass is 282 g/mol. The highest BCUT2D eigenvalue weighted by atomic mass is 15.2. The largest absolute Gasteiger partial charge is 0.330 e. The van der Waals surface area contributed by atoms with Gasteiger partial charge in [0.25, 0.3) is 0 Å². The zero-order valence-electron chi connectivity index (χ0n) is 14.4. The molecule has 1 fully saturated rings. The smallest absolute Gasteiger partial charge is 0.0141 e. The van der Waals surface area contributed by atoms with Crippen molar-refractivity contribution >= 4 is 0 Å². The van der Waals surface area contributed by atoms with E-state index < -0.39 is 0 Å². The summed E-state index contributed by atoms with van der Waals surface area (Å²) in [6.45, 7) is 11.5. The van der Waals surface area contributed by atoms with Crippen LogP contribution in [-0.4, -0.2) is 30.1 Å². The highest BCUT2D eigenvalue weighted by Crippen LogP contribution is 2.35. The molecule has 3 unspecified atom stereocenters. The standard InChI is InChI=1S/C18H38N2/c1-5-7-8-12-20(15(3)4)18-13-16(9-6-2)10-11-17(18)14-19/h15-18H,5-14,19H2,1-4H3. The summed E-state index contributed by atoms with van der Waals surface area (Å²) in [6, 6.07) is 1.40. The van der Waals surface area contributed by atoms with Crippen molar-refractivity contribution in [2.75, 3.05) is 13.1 Å². The summed E-state index contributed by atoms with van der Waals surface area (Å²) in [5, 5.41) is 0. The first-order chi connectivity index (χ1) is 9.63. The van der Waals surface area contributed by atoms with Gasteiger partial charge in [0.2, 0.25) is 0 Å². The third-order valence-corrected chi connectivity index (χ3v) is 5.17. The molecule has 0 saturated heterocycles. The molecule has 2 heteroatoms. The van der Waals surface area contributed by atoms with Crippen LogP contribution in [0.5, 0.6) is 0 Å². The Morgan fingerprint density at radius 3 is 2.40 bits per heavy atom. The lowest BCUT2D eigenvalue weighted by Gasteiger charge is -2.44. The Bertz CT molecular complexity index is 240. The van der Waals surface area contributed by atoms with E-state index >= 15 is 0 Å². The van der Waals surface area contributed by atoms with Gasteiger partial charge in [-0.2, -0.15) is 0 Å². The lowest BCUT2D eigenvalue weighted by atomic mass is 9.75. The molecule has 1 saturated carbocycles. The van der Waals surface area contributed by atoms with Crippen LogP contribution in [0.3, 0.4) is 0 Å².